The fourth-order valence-corrected chi connectivity index (χ4v) is 2.24. The zero-order chi connectivity index (χ0) is 13.8. The maximum Gasteiger partial charge on any atom is 0.271 e. The molecule has 0 aliphatic carbocycles. The molecule has 5 nitrogen and oxygen atoms in total. The van der Waals surface area contributed by atoms with Crippen LogP contribution in [-0.2, 0) is 6.54 Å². The van der Waals surface area contributed by atoms with Crippen LogP contribution >= 0.6 is 11.3 Å². The van der Waals surface area contributed by atoms with Crippen LogP contribution in [0.3, 0.4) is 0 Å². The van der Waals surface area contributed by atoms with E-state index in [0.29, 0.717) is 12.2 Å². The number of carbonyl (C=O) groups is 1. The highest BCUT2D eigenvalue weighted by Crippen LogP contribution is 2.17. The Labute approximate surface area is 119 Å². The molecule has 0 fully saturated rings. The van der Waals surface area contributed by atoms with E-state index in [0.717, 1.165) is 16.8 Å². The van der Waals surface area contributed by atoms with E-state index in [9.17, 15) is 4.79 Å². The number of carbonyl (C=O) groups excluding carboxylic acids is 1. The monoisotopic (exact) mass is 285 g/mol. The summed E-state index contributed by atoms with van der Waals surface area (Å²) in [5.74, 6) is -0.176. The van der Waals surface area contributed by atoms with Crippen molar-refractivity contribution in [2.24, 2.45) is 0 Å². The summed E-state index contributed by atoms with van der Waals surface area (Å²) < 4.78 is 5.02. The van der Waals surface area contributed by atoms with Gasteiger partial charge in [-0.3, -0.25) is 9.78 Å². The SMILES string of the molecule is O=C(NCc1ccc(-c2ccoc2)nc1)c1cscn1. The van der Waals surface area contributed by atoms with Gasteiger partial charge in [0.1, 0.15) is 5.69 Å². The quantitative estimate of drug-likeness (QED) is 0.800. The van der Waals surface area contributed by atoms with Crippen LogP contribution in [0.1, 0.15) is 16.1 Å². The zero-order valence-electron chi connectivity index (χ0n) is 10.4. The number of nitrogens with zero attached hydrogens (tertiary/aromatic N) is 2. The summed E-state index contributed by atoms with van der Waals surface area (Å²) >= 11 is 1.40. The molecular weight excluding hydrogens is 274 g/mol. The van der Waals surface area contributed by atoms with Gasteiger partial charge in [0, 0.05) is 23.7 Å². The van der Waals surface area contributed by atoms with E-state index in [1.165, 1.54) is 11.3 Å². The summed E-state index contributed by atoms with van der Waals surface area (Å²) in [7, 11) is 0. The summed E-state index contributed by atoms with van der Waals surface area (Å²) in [5, 5.41) is 4.52. The molecule has 0 spiro atoms. The third-order valence-corrected chi connectivity index (χ3v) is 3.35. The third kappa shape index (κ3) is 2.75. The Morgan fingerprint density at radius 3 is 2.90 bits per heavy atom. The lowest BCUT2D eigenvalue weighted by molar-refractivity contribution is 0.0946. The van der Waals surface area contributed by atoms with Crippen LogP contribution in [0.15, 0.2) is 52.2 Å². The lowest BCUT2D eigenvalue weighted by Crippen LogP contribution is -2.23. The molecule has 0 bridgehead atoms. The van der Waals surface area contributed by atoms with Gasteiger partial charge in [-0.1, -0.05) is 6.07 Å². The molecule has 3 aromatic heterocycles. The van der Waals surface area contributed by atoms with Gasteiger partial charge in [-0.05, 0) is 17.7 Å². The molecule has 0 aromatic carbocycles. The zero-order valence-corrected chi connectivity index (χ0v) is 11.3. The lowest BCUT2D eigenvalue weighted by Gasteiger charge is -2.04. The van der Waals surface area contributed by atoms with Gasteiger partial charge in [-0.25, -0.2) is 4.98 Å². The molecule has 3 heterocycles. The van der Waals surface area contributed by atoms with E-state index < -0.39 is 0 Å². The molecule has 0 saturated carbocycles. The average molecular weight is 285 g/mol. The highest BCUT2D eigenvalue weighted by Gasteiger charge is 2.07. The molecule has 6 heteroatoms. The Kier molecular flexibility index (Phi) is 3.56. The van der Waals surface area contributed by atoms with Crippen molar-refractivity contribution < 1.29 is 9.21 Å². The molecule has 3 aromatic rings. The highest BCUT2D eigenvalue weighted by molar-refractivity contribution is 7.07. The summed E-state index contributed by atoms with van der Waals surface area (Å²) in [6.45, 7) is 0.426. The second kappa shape index (κ2) is 5.66. The van der Waals surface area contributed by atoms with Crippen LogP contribution in [0.5, 0.6) is 0 Å². The smallest absolute Gasteiger partial charge is 0.271 e. The molecular formula is C14H11N3O2S. The van der Waals surface area contributed by atoms with Gasteiger partial charge in [0.25, 0.3) is 5.91 Å². The van der Waals surface area contributed by atoms with E-state index in [4.69, 9.17) is 4.42 Å². The van der Waals surface area contributed by atoms with Gasteiger partial charge < -0.3 is 9.73 Å². The van der Waals surface area contributed by atoms with Gasteiger partial charge in [-0.2, -0.15) is 0 Å². The number of amides is 1. The van der Waals surface area contributed by atoms with Crippen LogP contribution in [0.25, 0.3) is 11.3 Å². The second-order valence-corrected chi connectivity index (χ2v) is 4.84. The van der Waals surface area contributed by atoms with Gasteiger partial charge in [0.05, 0.1) is 23.7 Å². The second-order valence-electron chi connectivity index (χ2n) is 4.12. The molecule has 0 saturated heterocycles. The Hall–Kier alpha value is -2.47. The van der Waals surface area contributed by atoms with Crippen molar-refractivity contribution in [1.29, 1.82) is 0 Å². The molecule has 0 atom stereocenters. The minimum absolute atomic E-state index is 0.176. The Bertz CT molecular complexity index is 676. The molecule has 1 amide bonds. The van der Waals surface area contributed by atoms with E-state index in [-0.39, 0.29) is 5.91 Å². The minimum Gasteiger partial charge on any atom is -0.472 e. The first-order valence-electron chi connectivity index (χ1n) is 5.97. The van der Waals surface area contributed by atoms with E-state index in [1.807, 2.05) is 18.2 Å². The number of thiazole rings is 1. The van der Waals surface area contributed by atoms with Crippen molar-refractivity contribution >= 4 is 17.2 Å². The standard InChI is InChI=1S/C14H11N3O2S/c18-14(13-8-20-9-17-13)16-6-10-1-2-12(15-5-10)11-3-4-19-7-11/h1-5,7-9H,6H2,(H,16,18). The molecule has 1 N–H and O–H groups in total. The predicted octanol–water partition coefficient (Wildman–Crippen LogP) is 2.73. The van der Waals surface area contributed by atoms with Crippen molar-refractivity contribution in [2.75, 3.05) is 0 Å². The number of aromatic nitrogens is 2. The number of nitrogens with one attached hydrogen (secondary N) is 1. The van der Waals surface area contributed by atoms with E-state index in [2.05, 4.69) is 15.3 Å². The van der Waals surface area contributed by atoms with Crippen molar-refractivity contribution in [2.45, 2.75) is 6.54 Å². The first-order chi connectivity index (χ1) is 9.83. The third-order valence-electron chi connectivity index (χ3n) is 2.76. The van der Waals surface area contributed by atoms with Crippen LogP contribution in [-0.4, -0.2) is 15.9 Å². The molecule has 0 aliphatic heterocycles. The number of hydrogen-bond acceptors (Lipinski definition) is 5. The lowest BCUT2D eigenvalue weighted by atomic mass is 10.2. The largest absolute Gasteiger partial charge is 0.472 e. The molecule has 0 unspecified atom stereocenters. The molecule has 100 valence electrons. The summed E-state index contributed by atoms with van der Waals surface area (Å²) in [4.78, 5) is 20.0. The summed E-state index contributed by atoms with van der Waals surface area (Å²) in [5.41, 5.74) is 4.78. The van der Waals surface area contributed by atoms with Crippen LogP contribution in [0.4, 0.5) is 0 Å². The molecule has 20 heavy (non-hydrogen) atoms. The first kappa shape index (κ1) is 12.6. The van der Waals surface area contributed by atoms with Crippen molar-refractivity contribution in [1.82, 2.24) is 15.3 Å². The van der Waals surface area contributed by atoms with E-state index >= 15 is 0 Å². The topological polar surface area (TPSA) is 68.0 Å². The minimum atomic E-state index is -0.176. The first-order valence-corrected chi connectivity index (χ1v) is 6.91. The molecule has 3 rings (SSSR count). The van der Waals surface area contributed by atoms with Gasteiger partial charge in [0.15, 0.2) is 0 Å². The van der Waals surface area contributed by atoms with Crippen LogP contribution in [0, 0.1) is 0 Å². The average Bonchev–Trinajstić information content (AvgIpc) is 3.18. The number of hydrogen-bond donors (Lipinski definition) is 1. The molecule has 0 aliphatic rings. The normalized spacial score (nSPS) is 10.4. The number of pyridine rings is 1. The number of furan rings is 1. The fourth-order valence-electron chi connectivity index (χ4n) is 1.71. The summed E-state index contributed by atoms with van der Waals surface area (Å²) in [6.07, 6.45) is 4.99. The predicted molar refractivity (Wildman–Crippen MR) is 75.2 cm³/mol. The maximum atomic E-state index is 11.7. The van der Waals surface area contributed by atoms with E-state index in [1.54, 1.807) is 29.6 Å². The molecule has 0 radical (unpaired) electrons. The fraction of sp³-hybridized carbons (Fsp3) is 0.0714. The number of rotatable bonds is 4. The Morgan fingerprint density at radius 1 is 1.30 bits per heavy atom. The van der Waals surface area contributed by atoms with Gasteiger partial charge in [-0.15, -0.1) is 11.3 Å². The van der Waals surface area contributed by atoms with Crippen molar-refractivity contribution in [3.8, 4) is 11.3 Å². The van der Waals surface area contributed by atoms with Gasteiger partial charge in [0.2, 0.25) is 0 Å². The Balaban J connectivity index is 1.63. The maximum absolute atomic E-state index is 11.7. The Morgan fingerprint density at radius 2 is 2.25 bits per heavy atom. The van der Waals surface area contributed by atoms with Gasteiger partial charge >= 0.3 is 0 Å². The highest BCUT2D eigenvalue weighted by atomic mass is 32.1. The van der Waals surface area contributed by atoms with Crippen molar-refractivity contribution in [3.05, 3.63) is 59.1 Å². The summed E-state index contributed by atoms with van der Waals surface area (Å²) in [6, 6.07) is 5.68. The van der Waals surface area contributed by atoms with Crippen LogP contribution in [0.2, 0.25) is 0 Å². The van der Waals surface area contributed by atoms with Crippen molar-refractivity contribution in [3.63, 3.8) is 0 Å². The van der Waals surface area contributed by atoms with Crippen LogP contribution < -0.4 is 5.32 Å².